The molecule has 1 aromatic carbocycles. The van der Waals surface area contributed by atoms with Gasteiger partial charge in [0.2, 0.25) is 11.6 Å². The average Bonchev–Trinajstić information content (AvgIpc) is 2.37. The van der Waals surface area contributed by atoms with Crippen LogP contribution in [0.15, 0.2) is 45.6 Å². The molecule has 0 saturated carbocycles. The van der Waals surface area contributed by atoms with Crippen molar-refractivity contribution in [3.8, 4) is 17.0 Å². The Morgan fingerprint density at radius 2 is 1.95 bits per heavy atom. The van der Waals surface area contributed by atoms with Crippen LogP contribution in [0.3, 0.4) is 0 Å². The van der Waals surface area contributed by atoms with Gasteiger partial charge in [-0.2, -0.15) is 4.98 Å². The molecule has 0 radical (unpaired) electrons. The summed E-state index contributed by atoms with van der Waals surface area (Å²) in [5, 5.41) is 9.99. The van der Waals surface area contributed by atoms with Gasteiger partial charge in [0.1, 0.15) is 5.82 Å². The van der Waals surface area contributed by atoms with Crippen molar-refractivity contribution in [2.45, 2.75) is 0 Å². The minimum absolute atomic E-state index is 0.00658. The third-order valence-corrected chi connectivity index (χ3v) is 3.13. The van der Waals surface area contributed by atoms with E-state index in [1.165, 1.54) is 24.3 Å². The van der Waals surface area contributed by atoms with E-state index in [0.717, 1.165) is 6.07 Å². The smallest absolute Gasteiger partial charge is 0.338 e. The first-order valence-corrected chi connectivity index (χ1v) is 6.02. The highest BCUT2D eigenvalue weighted by Crippen LogP contribution is 2.32. The van der Waals surface area contributed by atoms with E-state index in [1.807, 2.05) is 0 Å². The molecule has 20 heavy (non-hydrogen) atoms. The second kappa shape index (κ2) is 4.61. The van der Waals surface area contributed by atoms with Gasteiger partial charge in [0, 0.05) is 28.6 Å². The van der Waals surface area contributed by atoms with E-state index in [1.54, 1.807) is 6.07 Å². The number of aromatic nitrogens is 1. The van der Waals surface area contributed by atoms with Crippen molar-refractivity contribution in [3.05, 3.63) is 57.7 Å². The molecule has 0 bridgehead atoms. The Balaban J connectivity index is 2.38. The Kier molecular flexibility index (Phi) is 2.91. The zero-order chi connectivity index (χ0) is 14.3. The third kappa shape index (κ3) is 2.12. The lowest BCUT2D eigenvalue weighted by molar-refractivity contribution is 0.448. The van der Waals surface area contributed by atoms with Gasteiger partial charge in [-0.3, -0.25) is 0 Å². The molecule has 1 N–H and O–H groups in total. The highest BCUT2D eigenvalue weighted by molar-refractivity contribution is 6.33. The molecule has 0 fully saturated rings. The topological polar surface area (TPSA) is 63.3 Å². The number of nitrogens with zero attached hydrogens (tertiary/aromatic N) is 1. The zero-order valence-electron chi connectivity index (χ0n) is 9.93. The Morgan fingerprint density at radius 1 is 1.15 bits per heavy atom. The average molecular weight is 292 g/mol. The van der Waals surface area contributed by atoms with E-state index in [-0.39, 0.29) is 16.6 Å². The second-order valence-electron chi connectivity index (χ2n) is 4.13. The SMILES string of the molecule is O=c1cc(-c2ccc(F)cc2Cl)c2ccc(O)nc2o1. The van der Waals surface area contributed by atoms with Gasteiger partial charge in [-0.1, -0.05) is 11.6 Å². The van der Waals surface area contributed by atoms with Gasteiger partial charge in [-0.15, -0.1) is 0 Å². The Bertz CT molecular complexity index is 876. The molecular weight excluding hydrogens is 285 g/mol. The summed E-state index contributed by atoms with van der Waals surface area (Å²) >= 11 is 6.01. The van der Waals surface area contributed by atoms with Crippen molar-refractivity contribution in [3.63, 3.8) is 0 Å². The predicted octanol–water partition coefficient (Wildman–Crippen LogP) is 3.35. The van der Waals surface area contributed by atoms with E-state index in [0.29, 0.717) is 16.5 Å². The number of benzene rings is 1. The second-order valence-corrected chi connectivity index (χ2v) is 4.53. The van der Waals surface area contributed by atoms with Crippen LogP contribution in [0.1, 0.15) is 0 Å². The maximum Gasteiger partial charge on any atom is 0.338 e. The van der Waals surface area contributed by atoms with Crippen LogP contribution in [0.25, 0.3) is 22.2 Å². The first kappa shape index (κ1) is 12.6. The van der Waals surface area contributed by atoms with Crippen LogP contribution in [0.2, 0.25) is 5.02 Å². The number of pyridine rings is 1. The summed E-state index contributed by atoms with van der Waals surface area (Å²) in [6, 6.07) is 8.04. The number of hydrogen-bond acceptors (Lipinski definition) is 4. The predicted molar refractivity (Wildman–Crippen MR) is 72.3 cm³/mol. The lowest BCUT2D eigenvalue weighted by Crippen LogP contribution is -1.99. The highest BCUT2D eigenvalue weighted by atomic mass is 35.5. The molecule has 3 aromatic rings. The molecule has 0 amide bonds. The van der Waals surface area contributed by atoms with Crippen LogP contribution in [0.4, 0.5) is 4.39 Å². The summed E-state index contributed by atoms with van der Waals surface area (Å²) in [5.41, 5.74) is 0.311. The molecule has 0 unspecified atom stereocenters. The lowest BCUT2D eigenvalue weighted by Gasteiger charge is -2.07. The van der Waals surface area contributed by atoms with Crippen LogP contribution in [0.5, 0.6) is 5.88 Å². The number of halogens is 2. The van der Waals surface area contributed by atoms with Crippen LogP contribution >= 0.6 is 11.6 Å². The van der Waals surface area contributed by atoms with Gasteiger partial charge in [-0.05, 0) is 24.3 Å². The summed E-state index contributed by atoms with van der Waals surface area (Å²) < 4.78 is 18.0. The van der Waals surface area contributed by atoms with E-state index in [9.17, 15) is 14.3 Å². The molecule has 6 heteroatoms. The van der Waals surface area contributed by atoms with Crippen LogP contribution < -0.4 is 5.63 Å². The van der Waals surface area contributed by atoms with Crippen LogP contribution in [-0.2, 0) is 0 Å². The van der Waals surface area contributed by atoms with Gasteiger partial charge < -0.3 is 9.52 Å². The zero-order valence-corrected chi connectivity index (χ0v) is 10.7. The number of hydrogen-bond donors (Lipinski definition) is 1. The highest BCUT2D eigenvalue weighted by Gasteiger charge is 2.12. The van der Waals surface area contributed by atoms with Crippen molar-refractivity contribution < 1.29 is 13.9 Å². The van der Waals surface area contributed by atoms with Crippen molar-refractivity contribution in [2.75, 3.05) is 0 Å². The Hall–Kier alpha value is -2.40. The van der Waals surface area contributed by atoms with E-state index < -0.39 is 11.4 Å². The normalized spacial score (nSPS) is 10.9. The molecule has 0 aliphatic rings. The van der Waals surface area contributed by atoms with E-state index in [2.05, 4.69) is 4.98 Å². The van der Waals surface area contributed by atoms with Crippen molar-refractivity contribution >= 4 is 22.7 Å². The molecule has 0 spiro atoms. The first-order valence-electron chi connectivity index (χ1n) is 5.64. The summed E-state index contributed by atoms with van der Waals surface area (Å²) in [7, 11) is 0. The Morgan fingerprint density at radius 3 is 2.70 bits per heavy atom. The van der Waals surface area contributed by atoms with E-state index >= 15 is 0 Å². The number of aromatic hydroxyl groups is 1. The van der Waals surface area contributed by atoms with E-state index in [4.69, 9.17) is 16.0 Å². The van der Waals surface area contributed by atoms with Crippen molar-refractivity contribution in [2.24, 2.45) is 0 Å². The molecule has 0 aliphatic heterocycles. The molecule has 2 aromatic heterocycles. The largest absolute Gasteiger partial charge is 0.493 e. The third-order valence-electron chi connectivity index (χ3n) is 2.82. The summed E-state index contributed by atoms with van der Waals surface area (Å²) in [5.74, 6) is -0.732. The standard InChI is InChI=1S/C14H7ClFNO3/c15-11-5-7(16)1-2-8(11)10-6-13(19)20-14-9(10)3-4-12(18)17-14/h1-6H,(H,17,18). The van der Waals surface area contributed by atoms with Crippen molar-refractivity contribution in [1.82, 2.24) is 4.98 Å². The summed E-state index contributed by atoms with van der Waals surface area (Å²) in [6.45, 7) is 0. The van der Waals surface area contributed by atoms with Gasteiger partial charge in [-0.25, -0.2) is 9.18 Å². The molecule has 2 heterocycles. The quantitative estimate of drug-likeness (QED) is 0.747. The van der Waals surface area contributed by atoms with Gasteiger partial charge >= 0.3 is 5.63 Å². The van der Waals surface area contributed by atoms with Gasteiger partial charge in [0.25, 0.3) is 0 Å². The number of rotatable bonds is 1. The Labute approximate surface area is 117 Å². The molecule has 100 valence electrons. The molecule has 0 saturated heterocycles. The fourth-order valence-corrected chi connectivity index (χ4v) is 2.23. The number of fused-ring (bicyclic) bond motifs is 1. The molecule has 4 nitrogen and oxygen atoms in total. The molecule has 0 aliphatic carbocycles. The monoisotopic (exact) mass is 291 g/mol. The minimum atomic E-state index is -0.633. The minimum Gasteiger partial charge on any atom is -0.493 e. The maximum atomic E-state index is 13.1. The van der Waals surface area contributed by atoms with Gasteiger partial charge in [0.05, 0.1) is 5.02 Å². The summed E-state index contributed by atoms with van der Waals surface area (Å²) in [6.07, 6.45) is 0. The lowest BCUT2D eigenvalue weighted by atomic mass is 10.0. The van der Waals surface area contributed by atoms with Crippen LogP contribution in [0, 0.1) is 5.82 Å². The van der Waals surface area contributed by atoms with Gasteiger partial charge in [0.15, 0.2) is 0 Å². The molecule has 3 rings (SSSR count). The molecular formula is C14H7ClFNO3. The first-order chi connectivity index (χ1) is 9.54. The fourth-order valence-electron chi connectivity index (χ4n) is 1.96. The fraction of sp³-hybridized carbons (Fsp3) is 0. The van der Waals surface area contributed by atoms with Crippen LogP contribution in [-0.4, -0.2) is 10.1 Å². The maximum absolute atomic E-state index is 13.1. The van der Waals surface area contributed by atoms with Crippen molar-refractivity contribution in [1.29, 1.82) is 0 Å². The summed E-state index contributed by atoms with van der Waals surface area (Å²) in [4.78, 5) is 15.3. The molecule has 0 atom stereocenters.